The zero-order chi connectivity index (χ0) is 19.5. The number of hydrogen-bond acceptors (Lipinski definition) is 3. The summed E-state index contributed by atoms with van der Waals surface area (Å²) in [6, 6.07) is 12.9. The largest absolute Gasteiger partial charge is 0.348 e. The molecule has 26 heavy (non-hydrogen) atoms. The number of carbonyl (C=O) groups is 1. The summed E-state index contributed by atoms with van der Waals surface area (Å²) in [5, 5.41) is 2.89. The Morgan fingerprint density at radius 1 is 1.15 bits per heavy atom. The van der Waals surface area contributed by atoms with Crippen molar-refractivity contribution in [1.29, 1.82) is 0 Å². The van der Waals surface area contributed by atoms with Crippen LogP contribution in [0.5, 0.6) is 0 Å². The first-order valence-electron chi connectivity index (χ1n) is 8.17. The number of nitrogens with zero attached hydrogens (tertiary/aromatic N) is 1. The van der Waals surface area contributed by atoms with E-state index in [9.17, 15) is 13.2 Å². The molecule has 7 heteroatoms. The van der Waals surface area contributed by atoms with E-state index in [1.807, 2.05) is 45.0 Å². The van der Waals surface area contributed by atoms with Gasteiger partial charge in [0, 0.05) is 3.57 Å². The van der Waals surface area contributed by atoms with Crippen LogP contribution in [0, 0.1) is 17.4 Å². The summed E-state index contributed by atoms with van der Waals surface area (Å²) in [7, 11) is -3.57. The SMILES string of the molecule is Cc1ccc([C@H](C)NC(=O)CN(c2ccc(I)cc2)S(C)(=O)=O)c(C)c1. The van der Waals surface area contributed by atoms with Crippen LogP contribution in [0.1, 0.15) is 29.7 Å². The van der Waals surface area contributed by atoms with Gasteiger partial charge < -0.3 is 5.32 Å². The van der Waals surface area contributed by atoms with Crippen LogP contribution in [-0.4, -0.2) is 27.1 Å². The number of rotatable bonds is 6. The molecule has 140 valence electrons. The fourth-order valence-corrected chi connectivity index (χ4v) is 4.03. The number of nitrogens with one attached hydrogen (secondary N) is 1. The highest BCUT2D eigenvalue weighted by molar-refractivity contribution is 14.1. The lowest BCUT2D eigenvalue weighted by atomic mass is 10.0. The van der Waals surface area contributed by atoms with Crippen molar-refractivity contribution in [3.8, 4) is 0 Å². The summed E-state index contributed by atoms with van der Waals surface area (Å²) in [4.78, 5) is 12.5. The number of sulfonamides is 1. The summed E-state index contributed by atoms with van der Waals surface area (Å²) in [5.74, 6) is -0.346. The molecule has 0 saturated heterocycles. The Morgan fingerprint density at radius 3 is 2.31 bits per heavy atom. The quantitative estimate of drug-likeness (QED) is 0.636. The fraction of sp³-hybridized carbons (Fsp3) is 0.316. The molecule has 1 N–H and O–H groups in total. The predicted octanol–water partition coefficient (Wildman–Crippen LogP) is 3.55. The molecule has 0 aliphatic rings. The molecule has 2 rings (SSSR count). The van der Waals surface area contributed by atoms with Gasteiger partial charge in [-0.3, -0.25) is 9.10 Å². The second kappa shape index (κ2) is 8.39. The monoisotopic (exact) mass is 486 g/mol. The van der Waals surface area contributed by atoms with Crippen LogP contribution in [0.3, 0.4) is 0 Å². The van der Waals surface area contributed by atoms with Crippen molar-refractivity contribution in [3.63, 3.8) is 0 Å². The Hall–Kier alpha value is -1.61. The van der Waals surface area contributed by atoms with Crippen molar-refractivity contribution < 1.29 is 13.2 Å². The van der Waals surface area contributed by atoms with Crippen LogP contribution in [0.2, 0.25) is 0 Å². The van der Waals surface area contributed by atoms with Crippen LogP contribution < -0.4 is 9.62 Å². The molecule has 1 atom stereocenters. The average molecular weight is 486 g/mol. The highest BCUT2D eigenvalue weighted by Gasteiger charge is 2.22. The second-order valence-corrected chi connectivity index (χ2v) is 9.55. The summed E-state index contributed by atoms with van der Waals surface area (Å²) in [6.07, 6.45) is 1.10. The number of carbonyl (C=O) groups excluding carboxylic acids is 1. The first-order chi connectivity index (χ1) is 12.1. The molecular weight excluding hydrogens is 463 g/mol. The first-order valence-corrected chi connectivity index (χ1v) is 11.1. The molecular formula is C19H23IN2O3S. The smallest absolute Gasteiger partial charge is 0.241 e. The lowest BCUT2D eigenvalue weighted by molar-refractivity contribution is -0.120. The minimum absolute atomic E-state index is 0.207. The molecule has 0 unspecified atom stereocenters. The van der Waals surface area contributed by atoms with Crippen molar-refractivity contribution >= 4 is 44.2 Å². The molecule has 0 saturated carbocycles. The summed E-state index contributed by atoms with van der Waals surface area (Å²) in [5.41, 5.74) is 3.74. The molecule has 0 aliphatic carbocycles. The topological polar surface area (TPSA) is 66.5 Å². The molecule has 0 heterocycles. The summed E-state index contributed by atoms with van der Waals surface area (Å²) in [6.45, 7) is 5.66. The highest BCUT2D eigenvalue weighted by Crippen LogP contribution is 2.21. The minimum Gasteiger partial charge on any atom is -0.348 e. The van der Waals surface area contributed by atoms with E-state index >= 15 is 0 Å². The van der Waals surface area contributed by atoms with Crippen molar-refractivity contribution in [2.24, 2.45) is 0 Å². The number of benzene rings is 2. The van der Waals surface area contributed by atoms with E-state index in [4.69, 9.17) is 0 Å². The third-order valence-corrected chi connectivity index (χ3v) is 5.93. The summed E-state index contributed by atoms with van der Waals surface area (Å²) < 4.78 is 26.4. The van der Waals surface area contributed by atoms with E-state index < -0.39 is 10.0 Å². The van der Waals surface area contributed by atoms with E-state index in [-0.39, 0.29) is 18.5 Å². The van der Waals surface area contributed by atoms with Crippen LogP contribution >= 0.6 is 22.6 Å². The number of amides is 1. The second-order valence-electron chi connectivity index (χ2n) is 6.40. The van der Waals surface area contributed by atoms with Gasteiger partial charge in [-0.1, -0.05) is 23.8 Å². The predicted molar refractivity (Wildman–Crippen MR) is 114 cm³/mol. The van der Waals surface area contributed by atoms with Crippen molar-refractivity contribution in [2.75, 3.05) is 17.1 Å². The van der Waals surface area contributed by atoms with Crippen molar-refractivity contribution in [2.45, 2.75) is 26.8 Å². The molecule has 0 aliphatic heterocycles. The van der Waals surface area contributed by atoms with Gasteiger partial charge in [0.05, 0.1) is 18.0 Å². The van der Waals surface area contributed by atoms with Gasteiger partial charge in [0.25, 0.3) is 0 Å². The number of anilines is 1. The normalized spacial score (nSPS) is 12.5. The van der Waals surface area contributed by atoms with Gasteiger partial charge in [0.1, 0.15) is 6.54 Å². The van der Waals surface area contributed by atoms with E-state index in [1.54, 1.807) is 12.1 Å². The van der Waals surface area contributed by atoms with E-state index in [0.717, 1.165) is 30.8 Å². The third kappa shape index (κ3) is 5.44. The molecule has 0 spiro atoms. The maximum atomic E-state index is 12.5. The maximum absolute atomic E-state index is 12.5. The molecule has 0 aromatic heterocycles. The first kappa shape index (κ1) is 20.7. The van der Waals surface area contributed by atoms with Crippen molar-refractivity contribution in [3.05, 3.63) is 62.7 Å². The molecule has 1 amide bonds. The Bertz CT molecular complexity index is 896. The molecule has 0 bridgehead atoms. The molecule has 5 nitrogen and oxygen atoms in total. The fourth-order valence-electron chi connectivity index (χ4n) is 2.81. The van der Waals surface area contributed by atoms with Gasteiger partial charge >= 0.3 is 0 Å². The summed E-state index contributed by atoms with van der Waals surface area (Å²) >= 11 is 2.15. The van der Waals surface area contributed by atoms with E-state index in [1.165, 1.54) is 0 Å². The van der Waals surface area contributed by atoms with Crippen LogP contribution in [0.4, 0.5) is 5.69 Å². The Kier molecular flexibility index (Phi) is 6.68. The van der Waals surface area contributed by atoms with Crippen LogP contribution in [0.15, 0.2) is 42.5 Å². The lowest BCUT2D eigenvalue weighted by Gasteiger charge is -2.24. The third-order valence-electron chi connectivity index (χ3n) is 4.07. The van der Waals surface area contributed by atoms with Gasteiger partial charge in [-0.25, -0.2) is 8.42 Å². The van der Waals surface area contributed by atoms with Gasteiger partial charge in [-0.2, -0.15) is 0 Å². The van der Waals surface area contributed by atoms with E-state index in [2.05, 4.69) is 34.0 Å². The Labute approximate surface area is 169 Å². The van der Waals surface area contributed by atoms with Gasteiger partial charge in [-0.05, 0) is 78.8 Å². The van der Waals surface area contributed by atoms with Crippen LogP contribution in [0.25, 0.3) is 0 Å². The van der Waals surface area contributed by atoms with Crippen LogP contribution in [-0.2, 0) is 14.8 Å². The minimum atomic E-state index is -3.57. The zero-order valence-electron chi connectivity index (χ0n) is 15.3. The molecule has 0 fully saturated rings. The Morgan fingerprint density at radius 2 is 1.77 bits per heavy atom. The highest BCUT2D eigenvalue weighted by atomic mass is 127. The number of aryl methyl sites for hydroxylation is 2. The molecule has 2 aromatic carbocycles. The van der Waals surface area contributed by atoms with Gasteiger partial charge in [0.2, 0.25) is 15.9 Å². The maximum Gasteiger partial charge on any atom is 0.241 e. The standard InChI is InChI=1S/C19H23IN2O3S/c1-13-5-10-18(14(2)11-13)15(3)21-19(23)12-22(26(4,24)25)17-8-6-16(20)7-9-17/h5-11,15H,12H2,1-4H3,(H,21,23)/t15-/m0/s1. The van der Waals surface area contributed by atoms with Gasteiger partial charge in [-0.15, -0.1) is 0 Å². The number of halogens is 1. The average Bonchev–Trinajstić information content (AvgIpc) is 2.52. The zero-order valence-corrected chi connectivity index (χ0v) is 18.3. The molecule has 0 radical (unpaired) electrons. The van der Waals surface area contributed by atoms with E-state index in [0.29, 0.717) is 5.69 Å². The lowest BCUT2D eigenvalue weighted by Crippen LogP contribution is -2.41. The number of hydrogen-bond donors (Lipinski definition) is 1. The molecule has 2 aromatic rings. The Balaban J connectivity index is 2.15. The van der Waals surface area contributed by atoms with Gasteiger partial charge in [0.15, 0.2) is 0 Å². The van der Waals surface area contributed by atoms with Crippen molar-refractivity contribution in [1.82, 2.24) is 5.32 Å².